The smallest absolute Gasteiger partial charge is 0.260 e. The van der Waals surface area contributed by atoms with Crippen LogP contribution in [0.15, 0.2) is 70.6 Å². The van der Waals surface area contributed by atoms with Gasteiger partial charge in [0.2, 0.25) is 0 Å². The molecule has 2 fully saturated rings. The highest BCUT2D eigenvalue weighted by molar-refractivity contribution is 7.98. The maximum Gasteiger partial charge on any atom is 0.260 e. The number of pyridine rings is 1. The fraction of sp³-hybridized carbons (Fsp3) is 0.321. The number of nitrogens with zero attached hydrogens (tertiary/aromatic N) is 3. The van der Waals surface area contributed by atoms with E-state index in [1.54, 1.807) is 0 Å². The van der Waals surface area contributed by atoms with Crippen molar-refractivity contribution < 1.29 is 14.2 Å². The van der Waals surface area contributed by atoms with E-state index in [0.29, 0.717) is 46.5 Å². The number of nitrogen functional groups attached to an aromatic ring is 1. The van der Waals surface area contributed by atoms with Crippen LogP contribution in [0.5, 0.6) is 11.5 Å². The minimum atomic E-state index is -0.513. The number of hydrogen-bond donors (Lipinski definition) is 1. The molecule has 1 spiro atoms. The maximum absolute atomic E-state index is 14.0. The molecule has 0 amide bonds. The molecule has 190 valence electrons. The summed E-state index contributed by atoms with van der Waals surface area (Å²) in [6.45, 7) is 1.24. The highest BCUT2D eigenvalue weighted by Gasteiger charge is 2.41. The Morgan fingerprint density at radius 1 is 1.00 bits per heavy atom. The molecule has 1 saturated carbocycles. The van der Waals surface area contributed by atoms with Gasteiger partial charge in [0.25, 0.3) is 5.56 Å². The monoisotopic (exact) mass is 516 g/mol. The van der Waals surface area contributed by atoms with Gasteiger partial charge in [-0.2, -0.15) is 0 Å². The lowest BCUT2D eigenvalue weighted by atomic mass is 9.89. The van der Waals surface area contributed by atoms with Gasteiger partial charge in [0.05, 0.1) is 18.6 Å². The van der Waals surface area contributed by atoms with E-state index in [-0.39, 0.29) is 11.6 Å². The molecular weight excluding hydrogens is 488 g/mol. The van der Waals surface area contributed by atoms with Gasteiger partial charge < -0.3 is 19.9 Å². The summed E-state index contributed by atoms with van der Waals surface area (Å²) in [7, 11) is 0. The van der Waals surface area contributed by atoms with Crippen molar-refractivity contribution in [3.8, 4) is 22.6 Å². The zero-order valence-corrected chi connectivity index (χ0v) is 21.4. The van der Waals surface area contributed by atoms with E-state index >= 15 is 0 Å². The van der Waals surface area contributed by atoms with Crippen LogP contribution in [0.4, 0.5) is 5.82 Å². The molecule has 0 atom stereocenters. The van der Waals surface area contributed by atoms with E-state index in [9.17, 15) is 4.79 Å². The first-order valence-electron chi connectivity index (χ1n) is 12.4. The van der Waals surface area contributed by atoms with Gasteiger partial charge in [-0.05, 0) is 55.0 Å². The average Bonchev–Trinajstić information content (AvgIpc) is 3.38. The fourth-order valence-electron chi connectivity index (χ4n) is 5.26. The Morgan fingerprint density at radius 2 is 1.68 bits per heavy atom. The Bertz CT molecular complexity index is 1470. The summed E-state index contributed by atoms with van der Waals surface area (Å²) in [5, 5.41) is 1.22. The molecular formula is C28H28N4O4S. The third-order valence-electron chi connectivity index (χ3n) is 7.12. The number of nitrogens with two attached hydrogens (primary N) is 1. The zero-order chi connectivity index (χ0) is 25.4. The van der Waals surface area contributed by atoms with Gasteiger partial charge in [-0.3, -0.25) is 9.36 Å². The van der Waals surface area contributed by atoms with Crippen molar-refractivity contribution in [3.63, 3.8) is 0 Å². The van der Waals surface area contributed by atoms with Crippen LogP contribution >= 0.6 is 11.8 Å². The number of benzene rings is 2. The molecule has 2 aromatic carbocycles. The minimum absolute atomic E-state index is 0.0435. The first-order valence-corrected chi connectivity index (χ1v) is 13.7. The highest BCUT2D eigenvalue weighted by atomic mass is 32.2. The molecule has 1 saturated heterocycles. The van der Waals surface area contributed by atoms with E-state index in [1.807, 2.05) is 71.5 Å². The van der Waals surface area contributed by atoms with Crippen LogP contribution in [-0.2, 0) is 9.47 Å². The lowest BCUT2D eigenvalue weighted by Gasteiger charge is -2.36. The van der Waals surface area contributed by atoms with Crippen molar-refractivity contribution in [1.82, 2.24) is 14.5 Å². The minimum Gasteiger partial charge on any atom is -0.457 e. The topological polar surface area (TPSA) is 101 Å². The number of hydrogen-bond acceptors (Lipinski definition) is 8. The largest absolute Gasteiger partial charge is 0.457 e. The Kier molecular flexibility index (Phi) is 6.36. The Balaban J connectivity index is 1.41. The normalized spacial score (nSPS) is 17.4. The third kappa shape index (κ3) is 4.58. The summed E-state index contributed by atoms with van der Waals surface area (Å²) >= 11 is 1.41. The quantitative estimate of drug-likeness (QED) is 0.277. The molecule has 37 heavy (non-hydrogen) atoms. The van der Waals surface area contributed by atoms with Crippen molar-refractivity contribution in [2.24, 2.45) is 0 Å². The Labute approximate surface area is 218 Å². The predicted molar refractivity (Wildman–Crippen MR) is 144 cm³/mol. The number of rotatable bonds is 5. The molecule has 0 bridgehead atoms. The predicted octanol–water partition coefficient (Wildman–Crippen LogP) is 5.41. The van der Waals surface area contributed by atoms with Crippen molar-refractivity contribution in [3.05, 3.63) is 71.0 Å². The standard InChI is InChI=1S/C28H28N4O4S/c1-37-27-30-24(29)23-17-22(18-7-9-21(10-8-18)36-20-5-3-2-4-6-20)26(33)32(25(23)31-27)19-11-13-28(14-12-19)34-15-16-35-28/h2-10,17,19H,11-16H2,1H3,(H2,29,30,31). The Morgan fingerprint density at radius 3 is 2.35 bits per heavy atom. The third-order valence-corrected chi connectivity index (χ3v) is 7.67. The van der Waals surface area contributed by atoms with Crippen LogP contribution in [-0.4, -0.2) is 39.8 Å². The molecule has 0 radical (unpaired) electrons. The van der Waals surface area contributed by atoms with Gasteiger partial charge in [-0.15, -0.1) is 0 Å². The van der Waals surface area contributed by atoms with Crippen molar-refractivity contribution in [2.45, 2.75) is 42.7 Å². The molecule has 2 aromatic heterocycles. The number of anilines is 1. The summed E-state index contributed by atoms with van der Waals surface area (Å²) in [5.41, 5.74) is 8.21. The van der Waals surface area contributed by atoms with Crippen LogP contribution in [0.3, 0.4) is 0 Å². The first kappa shape index (κ1) is 24.0. The van der Waals surface area contributed by atoms with Crippen molar-refractivity contribution in [1.29, 1.82) is 0 Å². The van der Waals surface area contributed by atoms with Gasteiger partial charge in [-0.25, -0.2) is 9.97 Å². The van der Waals surface area contributed by atoms with E-state index in [1.165, 1.54) is 11.8 Å². The number of aromatic nitrogens is 3. The summed E-state index contributed by atoms with van der Waals surface area (Å²) in [5.74, 6) is 1.30. The van der Waals surface area contributed by atoms with Crippen LogP contribution in [0.25, 0.3) is 22.2 Å². The first-order chi connectivity index (χ1) is 18.0. The van der Waals surface area contributed by atoms with Crippen LogP contribution in [0, 0.1) is 0 Å². The fourth-order valence-corrected chi connectivity index (χ4v) is 5.63. The van der Waals surface area contributed by atoms with Crippen LogP contribution in [0.1, 0.15) is 31.7 Å². The summed E-state index contributed by atoms with van der Waals surface area (Å²) in [6.07, 6.45) is 4.87. The molecule has 8 nitrogen and oxygen atoms in total. The maximum atomic E-state index is 14.0. The van der Waals surface area contributed by atoms with Gasteiger partial charge in [0, 0.05) is 24.4 Å². The molecule has 1 aliphatic carbocycles. The van der Waals surface area contributed by atoms with E-state index in [0.717, 1.165) is 37.0 Å². The van der Waals surface area contributed by atoms with E-state index in [4.69, 9.17) is 24.9 Å². The molecule has 2 N–H and O–H groups in total. The SMILES string of the molecule is CSc1nc(N)c2cc(-c3ccc(Oc4ccccc4)cc3)c(=O)n(C3CCC4(CC3)OCCO4)c2n1. The molecule has 0 unspecified atom stereocenters. The average molecular weight is 517 g/mol. The lowest BCUT2D eigenvalue weighted by molar-refractivity contribution is -0.181. The van der Waals surface area contributed by atoms with Gasteiger partial charge in [0.1, 0.15) is 23.0 Å². The second-order valence-electron chi connectivity index (χ2n) is 9.34. The van der Waals surface area contributed by atoms with Crippen molar-refractivity contribution >= 4 is 28.6 Å². The number of ether oxygens (including phenoxy) is 3. The molecule has 3 heterocycles. The van der Waals surface area contributed by atoms with E-state index in [2.05, 4.69) is 4.98 Å². The number of para-hydroxylation sites is 1. The highest BCUT2D eigenvalue weighted by Crippen LogP contribution is 2.41. The van der Waals surface area contributed by atoms with Crippen LogP contribution < -0.4 is 16.0 Å². The summed E-state index contributed by atoms with van der Waals surface area (Å²) in [6, 6.07) is 18.9. The van der Waals surface area contributed by atoms with Gasteiger partial charge >= 0.3 is 0 Å². The second-order valence-corrected chi connectivity index (χ2v) is 10.1. The molecule has 2 aliphatic rings. The van der Waals surface area contributed by atoms with Crippen molar-refractivity contribution in [2.75, 3.05) is 25.2 Å². The van der Waals surface area contributed by atoms with Crippen LogP contribution in [0.2, 0.25) is 0 Å². The summed E-state index contributed by atoms with van der Waals surface area (Å²) < 4.78 is 19.6. The molecule has 9 heteroatoms. The van der Waals surface area contributed by atoms with E-state index < -0.39 is 5.79 Å². The molecule has 6 rings (SSSR count). The van der Waals surface area contributed by atoms with Gasteiger partial charge in [0.15, 0.2) is 10.9 Å². The summed E-state index contributed by atoms with van der Waals surface area (Å²) in [4.78, 5) is 23.2. The van der Waals surface area contributed by atoms with Gasteiger partial charge in [-0.1, -0.05) is 42.1 Å². The molecule has 4 aromatic rings. The number of fused-ring (bicyclic) bond motifs is 1. The number of thioether (sulfide) groups is 1. The zero-order valence-electron chi connectivity index (χ0n) is 20.6. The molecule has 1 aliphatic heterocycles. The second kappa shape index (κ2) is 9.81. The Hall–Kier alpha value is -3.40. The lowest BCUT2D eigenvalue weighted by Crippen LogP contribution is -2.38.